The summed E-state index contributed by atoms with van der Waals surface area (Å²) in [5, 5.41) is 2.97. The number of hydrogen-bond acceptors (Lipinski definition) is 4. The highest BCUT2D eigenvalue weighted by atomic mass is 32.2. The van der Waals surface area contributed by atoms with Gasteiger partial charge in [0.15, 0.2) is 0 Å². The van der Waals surface area contributed by atoms with Crippen molar-refractivity contribution in [3.05, 3.63) is 41.1 Å². The van der Waals surface area contributed by atoms with Gasteiger partial charge in [-0.15, -0.1) is 0 Å². The van der Waals surface area contributed by atoms with Gasteiger partial charge >= 0.3 is 0 Å². The first-order chi connectivity index (χ1) is 14.3. The van der Waals surface area contributed by atoms with E-state index < -0.39 is 15.9 Å². The SMILES string of the molecule is Cc1ccc(S(=O)(=O)c2c(C)c(C)n(C3CCCC3)c2NC(=O)[C@@H]2CCCO2)cc1. The molecular formula is C23H30N2O4S. The summed E-state index contributed by atoms with van der Waals surface area (Å²) in [6, 6.07) is 7.07. The number of carbonyl (C=O) groups is 1. The van der Waals surface area contributed by atoms with E-state index in [9.17, 15) is 13.2 Å². The number of nitrogens with zero attached hydrogens (tertiary/aromatic N) is 1. The van der Waals surface area contributed by atoms with Gasteiger partial charge in [0.2, 0.25) is 9.84 Å². The zero-order valence-electron chi connectivity index (χ0n) is 17.9. The average molecular weight is 431 g/mol. The van der Waals surface area contributed by atoms with E-state index in [1.54, 1.807) is 24.3 Å². The Balaban J connectivity index is 1.85. The highest BCUT2D eigenvalue weighted by Crippen LogP contribution is 2.41. The molecule has 1 aromatic heterocycles. The fourth-order valence-electron chi connectivity index (χ4n) is 4.68. The van der Waals surface area contributed by atoms with Crippen LogP contribution < -0.4 is 5.32 Å². The Bertz CT molecular complexity index is 1040. The van der Waals surface area contributed by atoms with Gasteiger partial charge in [0, 0.05) is 18.3 Å². The van der Waals surface area contributed by atoms with Crippen molar-refractivity contribution in [3.8, 4) is 0 Å². The molecule has 30 heavy (non-hydrogen) atoms. The number of amides is 1. The lowest BCUT2D eigenvalue weighted by atomic mass is 10.2. The molecule has 2 aliphatic rings. The van der Waals surface area contributed by atoms with Crippen LogP contribution >= 0.6 is 0 Å². The van der Waals surface area contributed by atoms with Crippen LogP contribution in [-0.2, 0) is 19.4 Å². The van der Waals surface area contributed by atoms with E-state index >= 15 is 0 Å². The molecule has 1 amide bonds. The summed E-state index contributed by atoms with van der Waals surface area (Å²) in [7, 11) is -3.79. The molecule has 2 aromatic rings. The minimum absolute atomic E-state index is 0.200. The highest BCUT2D eigenvalue weighted by molar-refractivity contribution is 7.91. The smallest absolute Gasteiger partial charge is 0.254 e. The Hall–Kier alpha value is -2.12. The Morgan fingerprint density at radius 2 is 1.70 bits per heavy atom. The third-order valence-electron chi connectivity index (χ3n) is 6.45. The lowest BCUT2D eigenvalue weighted by molar-refractivity contribution is -0.124. The van der Waals surface area contributed by atoms with E-state index in [0.29, 0.717) is 24.4 Å². The van der Waals surface area contributed by atoms with Crippen molar-refractivity contribution >= 4 is 21.6 Å². The Kier molecular flexibility index (Phi) is 5.77. The highest BCUT2D eigenvalue weighted by Gasteiger charge is 2.35. The number of sulfone groups is 1. The lowest BCUT2D eigenvalue weighted by Crippen LogP contribution is -2.29. The van der Waals surface area contributed by atoms with Gasteiger partial charge in [-0.25, -0.2) is 8.42 Å². The Morgan fingerprint density at radius 3 is 2.30 bits per heavy atom. The molecule has 1 aliphatic heterocycles. The topological polar surface area (TPSA) is 77.4 Å². The first-order valence-electron chi connectivity index (χ1n) is 10.8. The first-order valence-corrected chi connectivity index (χ1v) is 12.2. The second-order valence-corrected chi connectivity index (χ2v) is 10.4. The summed E-state index contributed by atoms with van der Waals surface area (Å²) in [5.41, 5.74) is 2.60. The Morgan fingerprint density at radius 1 is 1.03 bits per heavy atom. The van der Waals surface area contributed by atoms with Crippen molar-refractivity contribution in [2.75, 3.05) is 11.9 Å². The summed E-state index contributed by atoms with van der Waals surface area (Å²) in [4.78, 5) is 13.4. The molecule has 1 atom stereocenters. The number of hydrogen-bond donors (Lipinski definition) is 1. The summed E-state index contributed by atoms with van der Waals surface area (Å²) < 4.78 is 34.9. The minimum atomic E-state index is -3.79. The minimum Gasteiger partial charge on any atom is -0.368 e. The van der Waals surface area contributed by atoms with E-state index in [4.69, 9.17) is 4.74 Å². The summed E-state index contributed by atoms with van der Waals surface area (Å²) in [5.74, 6) is 0.141. The third-order valence-corrected chi connectivity index (χ3v) is 8.38. The van der Waals surface area contributed by atoms with Crippen molar-refractivity contribution in [1.82, 2.24) is 4.57 Å². The van der Waals surface area contributed by atoms with Crippen LogP contribution in [0.2, 0.25) is 0 Å². The van der Waals surface area contributed by atoms with Gasteiger partial charge in [-0.1, -0.05) is 30.5 Å². The number of aryl methyl sites for hydroxylation is 1. The van der Waals surface area contributed by atoms with Gasteiger partial charge in [-0.05, 0) is 64.2 Å². The summed E-state index contributed by atoms with van der Waals surface area (Å²) in [6.45, 7) is 6.27. The van der Waals surface area contributed by atoms with Crippen LogP contribution in [0.25, 0.3) is 0 Å². The average Bonchev–Trinajstić information content (AvgIpc) is 3.45. The quantitative estimate of drug-likeness (QED) is 0.759. The Labute approximate surface area is 178 Å². The predicted molar refractivity (Wildman–Crippen MR) is 116 cm³/mol. The van der Waals surface area contributed by atoms with E-state index in [1.807, 2.05) is 20.8 Å². The maximum absolute atomic E-state index is 13.7. The van der Waals surface area contributed by atoms with Crippen molar-refractivity contribution < 1.29 is 17.9 Å². The number of aromatic nitrogens is 1. The van der Waals surface area contributed by atoms with Gasteiger partial charge < -0.3 is 14.6 Å². The molecule has 1 aromatic carbocycles. The number of benzene rings is 1. The maximum atomic E-state index is 13.7. The molecule has 0 spiro atoms. The fourth-order valence-corrected chi connectivity index (χ4v) is 6.37. The summed E-state index contributed by atoms with van der Waals surface area (Å²) in [6.07, 6.45) is 5.18. The molecule has 6 nitrogen and oxygen atoms in total. The number of carbonyl (C=O) groups excluding carboxylic acids is 1. The lowest BCUT2D eigenvalue weighted by Gasteiger charge is -2.21. The molecule has 1 aliphatic carbocycles. The van der Waals surface area contributed by atoms with Crippen LogP contribution in [0.5, 0.6) is 0 Å². The number of nitrogens with one attached hydrogen (secondary N) is 1. The molecule has 1 saturated heterocycles. The van der Waals surface area contributed by atoms with Crippen LogP contribution in [-0.4, -0.2) is 31.6 Å². The van der Waals surface area contributed by atoms with Crippen LogP contribution in [0.4, 0.5) is 5.82 Å². The van der Waals surface area contributed by atoms with Crippen molar-refractivity contribution in [2.45, 2.75) is 81.2 Å². The predicted octanol–water partition coefficient (Wildman–Crippen LogP) is 4.48. The van der Waals surface area contributed by atoms with Crippen LogP contribution in [0.3, 0.4) is 0 Å². The first kappa shape index (κ1) is 21.1. The van der Waals surface area contributed by atoms with E-state index in [0.717, 1.165) is 43.4 Å². The number of rotatable bonds is 5. The van der Waals surface area contributed by atoms with Crippen molar-refractivity contribution in [3.63, 3.8) is 0 Å². The largest absolute Gasteiger partial charge is 0.368 e. The van der Waals surface area contributed by atoms with Crippen molar-refractivity contribution in [2.24, 2.45) is 0 Å². The van der Waals surface area contributed by atoms with Gasteiger partial charge in [0.1, 0.15) is 16.8 Å². The van der Waals surface area contributed by atoms with Gasteiger partial charge in [-0.2, -0.15) is 0 Å². The van der Waals surface area contributed by atoms with Crippen LogP contribution in [0.15, 0.2) is 34.1 Å². The molecule has 0 unspecified atom stereocenters. The molecule has 1 saturated carbocycles. The van der Waals surface area contributed by atoms with E-state index in [-0.39, 0.29) is 21.7 Å². The van der Waals surface area contributed by atoms with E-state index in [2.05, 4.69) is 9.88 Å². The van der Waals surface area contributed by atoms with Crippen molar-refractivity contribution in [1.29, 1.82) is 0 Å². The number of anilines is 1. The van der Waals surface area contributed by atoms with Gasteiger partial charge in [0.25, 0.3) is 5.91 Å². The molecule has 7 heteroatoms. The molecule has 1 N–H and O–H groups in total. The normalized spacial score (nSPS) is 20.0. The number of ether oxygens (including phenoxy) is 1. The summed E-state index contributed by atoms with van der Waals surface area (Å²) >= 11 is 0. The van der Waals surface area contributed by atoms with Gasteiger partial charge in [-0.3, -0.25) is 4.79 Å². The standard InChI is InChI=1S/C23H30N2O4S/c1-15-10-12-19(13-11-15)30(27,28)21-16(2)17(3)25(18-7-4-5-8-18)22(21)24-23(26)20-9-6-14-29-20/h10-13,18,20H,4-9,14H2,1-3H3,(H,24,26)/t20-/m0/s1. The monoisotopic (exact) mass is 430 g/mol. The third kappa shape index (κ3) is 3.69. The molecular weight excluding hydrogens is 400 g/mol. The molecule has 162 valence electrons. The second-order valence-electron chi connectivity index (χ2n) is 8.50. The zero-order chi connectivity index (χ0) is 21.5. The molecule has 0 bridgehead atoms. The van der Waals surface area contributed by atoms with Gasteiger partial charge in [0.05, 0.1) is 4.90 Å². The molecule has 4 rings (SSSR count). The molecule has 2 heterocycles. The maximum Gasteiger partial charge on any atom is 0.254 e. The molecule has 0 radical (unpaired) electrons. The second kappa shape index (κ2) is 8.19. The molecule has 2 fully saturated rings. The fraction of sp³-hybridized carbons (Fsp3) is 0.522. The van der Waals surface area contributed by atoms with E-state index in [1.165, 1.54) is 0 Å². The van der Waals surface area contributed by atoms with Crippen LogP contribution in [0.1, 0.15) is 61.4 Å². The zero-order valence-corrected chi connectivity index (χ0v) is 18.7. The van der Waals surface area contributed by atoms with Crippen LogP contribution in [0, 0.1) is 20.8 Å².